The number of aryl methyl sites for hydroxylation is 1. The lowest BCUT2D eigenvalue weighted by Gasteiger charge is -2.37. The maximum atomic E-state index is 13.5. The van der Waals surface area contributed by atoms with Crippen molar-refractivity contribution in [2.45, 2.75) is 77.2 Å². The number of anilines is 1. The predicted octanol–water partition coefficient (Wildman–Crippen LogP) is 4.85. The summed E-state index contributed by atoms with van der Waals surface area (Å²) in [6.07, 6.45) is 6.36. The molecular formula is C43H41N9O5. The van der Waals surface area contributed by atoms with E-state index in [9.17, 15) is 24.0 Å². The molecule has 0 bridgehead atoms. The quantitative estimate of drug-likeness (QED) is 0.187. The van der Waals surface area contributed by atoms with E-state index < -0.39 is 23.8 Å². The third kappa shape index (κ3) is 6.30. The molecule has 1 atom stereocenters. The molecule has 0 spiro atoms. The van der Waals surface area contributed by atoms with Crippen molar-refractivity contribution in [3.05, 3.63) is 108 Å². The number of carbonyl (C=O) groups is 5. The summed E-state index contributed by atoms with van der Waals surface area (Å²) in [6, 6.07) is 15.7. The zero-order valence-electron chi connectivity index (χ0n) is 31.7. The number of imidazole rings is 1. The summed E-state index contributed by atoms with van der Waals surface area (Å²) in [4.78, 5) is 82.0. The van der Waals surface area contributed by atoms with Gasteiger partial charge in [0.15, 0.2) is 0 Å². The van der Waals surface area contributed by atoms with E-state index in [1.54, 1.807) is 37.4 Å². The lowest BCUT2D eigenvalue weighted by Crippen LogP contribution is -2.51. The number of aromatic nitrogens is 4. The van der Waals surface area contributed by atoms with Crippen molar-refractivity contribution in [2.24, 2.45) is 0 Å². The molecular weight excluding hydrogens is 723 g/mol. The SMILES string of the molecule is C=C1CCC(N2C(=O)c3cccc(NC4CC(NC(=O)c5ccc(-c6cc7cccc(-c8nc(CC)n9c8CN(C(C)=O)CC9)c7cn6)cn5)C4)c3C2=O)C(=O)N1. The fourth-order valence-electron chi connectivity index (χ4n) is 8.46. The van der Waals surface area contributed by atoms with Gasteiger partial charge in [-0.3, -0.25) is 38.8 Å². The van der Waals surface area contributed by atoms with Crippen LogP contribution in [0.2, 0.25) is 0 Å². The van der Waals surface area contributed by atoms with Gasteiger partial charge in [0, 0.05) is 78.8 Å². The molecule has 3 aliphatic heterocycles. The first-order chi connectivity index (χ1) is 27.6. The molecule has 1 saturated heterocycles. The van der Waals surface area contributed by atoms with Gasteiger partial charge in [-0.25, -0.2) is 4.98 Å². The number of hydrogen-bond acceptors (Lipinski definition) is 9. The van der Waals surface area contributed by atoms with Gasteiger partial charge in [0.1, 0.15) is 17.6 Å². The van der Waals surface area contributed by atoms with Crippen LogP contribution in [0.5, 0.6) is 0 Å². The van der Waals surface area contributed by atoms with E-state index in [2.05, 4.69) is 45.1 Å². The van der Waals surface area contributed by atoms with Gasteiger partial charge in [0.2, 0.25) is 11.8 Å². The maximum Gasteiger partial charge on any atom is 0.270 e. The fourth-order valence-corrected chi connectivity index (χ4v) is 8.46. The van der Waals surface area contributed by atoms with Crippen LogP contribution in [0.25, 0.3) is 33.3 Å². The minimum absolute atomic E-state index is 0.0297. The van der Waals surface area contributed by atoms with Gasteiger partial charge < -0.3 is 25.4 Å². The van der Waals surface area contributed by atoms with Crippen molar-refractivity contribution in [1.29, 1.82) is 0 Å². The van der Waals surface area contributed by atoms with Crippen molar-refractivity contribution in [2.75, 3.05) is 11.9 Å². The summed E-state index contributed by atoms with van der Waals surface area (Å²) in [5.74, 6) is -0.604. The van der Waals surface area contributed by atoms with Crippen LogP contribution in [0.1, 0.15) is 82.3 Å². The van der Waals surface area contributed by atoms with Crippen LogP contribution < -0.4 is 16.0 Å². The first kappa shape index (κ1) is 36.0. The smallest absolute Gasteiger partial charge is 0.270 e. The van der Waals surface area contributed by atoms with E-state index in [-0.39, 0.29) is 40.7 Å². The number of piperidine rings is 1. The third-order valence-electron chi connectivity index (χ3n) is 11.6. The summed E-state index contributed by atoms with van der Waals surface area (Å²) in [5.41, 5.74) is 6.31. The van der Waals surface area contributed by atoms with Crippen molar-refractivity contribution in [3.63, 3.8) is 0 Å². The lowest BCUT2D eigenvalue weighted by atomic mass is 9.86. The molecule has 2 fully saturated rings. The van der Waals surface area contributed by atoms with Gasteiger partial charge in [-0.1, -0.05) is 37.8 Å². The monoisotopic (exact) mass is 763 g/mol. The molecule has 57 heavy (non-hydrogen) atoms. The highest BCUT2D eigenvalue weighted by molar-refractivity contribution is 6.25. The first-order valence-electron chi connectivity index (χ1n) is 19.3. The van der Waals surface area contributed by atoms with Crippen LogP contribution in [0.3, 0.4) is 0 Å². The van der Waals surface area contributed by atoms with Gasteiger partial charge in [0.05, 0.1) is 34.8 Å². The van der Waals surface area contributed by atoms with Crippen LogP contribution in [-0.2, 0) is 29.1 Å². The Balaban J connectivity index is 0.843. The zero-order chi connectivity index (χ0) is 39.5. The molecule has 9 rings (SSSR count). The standard InChI is InChI=1S/C43H41N9O5/c1-4-37-49-39(36-22-50(24(3)53)15-16-51(36)37)29-8-5-7-25-17-34(45-21-31(25)29)26-12-13-33(44-20-26)40(54)48-28-18-27(19-28)47-32-10-6-9-30-38(32)43(57)52(42(30)56)35-14-11-23(2)46-41(35)55/h5-10,12-13,17,20-21,27-28,35,47H,2,4,11,14-16,18-19,22H2,1,3H3,(H,46,55)(H,48,54). The summed E-state index contributed by atoms with van der Waals surface area (Å²) >= 11 is 0. The molecule has 14 nitrogen and oxygen atoms in total. The first-order valence-corrected chi connectivity index (χ1v) is 19.3. The number of rotatable bonds is 8. The number of imide groups is 1. The highest BCUT2D eigenvalue weighted by Gasteiger charge is 2.45. The molecule has 1 saturated carbocycles. The van der Waals surface area contributed by atoms with Crippen molar-refractivity contribution in [3.8, 4) is 22.5 Å². The van der Waals surface area contributed by atoms with E-state index >= 15 is 0 Å². The van der Waals surface area contributed by atoms with Gasteiger partial charge >= 0.3 is 0 Å². The van der Waals surface area contributed by atoms with Crippen LogP contribution in [0.4, 0.5) is 5.69 Å². The fraction of sp³-hybridized carbons (Fsp3) is 0.302. The van der Waals surface area contributed by atoms with E-state index in [1.807, 2.05) is 35.4 Å². The van der Waals surface area contributed by atoms with E-state index in [0.29, 0.717) is 50.2 Å². The summed E-state index contributed by atoms with van der Waals surface area (Å²) in [7, 11) is 0. The minimum Gasteiger partial charge on any atom is -0.381 e. The van der Waals surface area contributed by atoms with Crippen LogP contribution in [0.15, 0.2) is 79.3 Å². The predicted molar refractivity (Wildman–Crippen MR) is 212 cm³/mol. The molecule has 6 heterocycles. The molecule has 5 amide bonds. The Morgan fingerprint density at radius 1 is 0.947 bits per heavy atom. The normalized spacial score (nSPS) is 20.2. The van der Waals surface area contributed by atoms with E-state index in [1.165, 1.54) is 0 Å². The average Bonchev–Trinajstić information content (AvgIpc) is 3.70. The molecule has 3 aromatic heterocycles. The number of allylic oxidation sites excluding steroid dienone is 1. The molecule has 2 aromatic carbocycles. The largest absolute Gasteiger partial charge is 0.381 e. The molecule has 1 unspecified atom stereocenters. The minimum atomic E-state index is -0.880. The summed E-state index contributed by atoms with van der Waals surface area (Å²) < 4.78 is 2.24. The average molecular weight is 764 g/mol. The van der Waals surface area contributed by atoms with E-state index in [4.69, 9.17) is 9.97 Å². The molecule has 5 aromatic rings. The Hall–Kier alpha value is -6.70. The zero-order valence-corrected chi connectivity index (χ0v) is 31.7. The number of benzene rings is 2. The molecule has 0 radical (unpaired) electrons. The topological polar surface area (TPSA) is 172 Å². The number of fused-ring (bicyclic) bond motifs is 3. The Kier molecular flexibility index (Phi) is 8.90. The third-order valence-corrected chi connectivity index (χ3v) is 11.6. The second-order valence-electron chi connectivity index (χ2n) is 15.1. The van der Waals surface area contributed by atoms with Gasteiger partial charge in [-0.05, 0) is 61.4 Å². The number of carbonyl (C=O) groups excluding carboxylic acids is 5. The Morgan fingerprint density at radius 2 is 1.75 bits per heavy atom. The number of pyridine rings is 2. The maximum absolute atomic E-state index is 13.5. The molecule has 3 N–H and O–H groups in total. The highest BCUT2D eigenvalue weighted by Crippen LogP contribution is 2.36. The second-order valence-corrected chi connectivity index (χ2v) is 15.1. The summed E-state index contributed by atoms with van der Waals surface area (Å²) in [5, 5.41) is 11.0. The molecule has 14 heteroatoms. The van der Waals surface area contributed by atoms with Crippen LogP contribution >= 0.6 is 0 Å². The van der Waals surface area contributed by atoms with Crippen molar-refractivity contribution < 1.29 is 24.0 Å². The summed E-state index contributed by atoms with van der Waals surface area (Å²) in [6.45, 7) is 9.40. The molecule has 288 valence electrons. The Morgan fingerprint density at radius 3 is 2.51 bits per heavy atom. The second kappa shape index (κ2) is 14.1. The van der Waals surface area contributed by atoms with Crippen LogP contribution in [-0.4, -0.2) is 83.5 Å². The number of amides is 5. The van der Waals surface area contributed by atoms with E-state index in [0.717, 1.165) is 62.7 Å². The Labute approximate surface area is 328 Å². The lowest BCUT2D eigenvalue weighted by molar-refractivity contribution is -0.130. The number of hydrogen-bond donors (Lipinski definition) is 3. The highest BCUT2D eigenvalue weighted by atomic mass is 16.2. The van der Waals surface area contributed by atoms with Gasteiger partial charge in [-0.15, -0.1) is 0 Å². The molecule has 1 aliphatic carbocycles. The van der Waals surface area contributed by atoms with Gasteiger partial charge in [0.25, 0.3) is 17.7 Å². The molecule has 4 aliphatic rings. The number of nitrogens with zero attached hydrogens (tertiary/aromatic N) is 6. The van der Waals surface area contributed by atoms with Crippen molar-refractivity contribution >= 4 is 46.0 Å². The van der Waals surface area contributed by atoms with Crippen LogP contribution in [0, 0.1) is 0 Å². The van der Waals surface area contributed by atoms with Crippen molar-refractivity contribution in [1.82, 2.24) is 40.0 Å². The van der Waals surface area contributed by atoms with Gasteiger partial charge in [-0.2, -0.15) is 0 Å². The number of nitrogens with one attached hydrogen (secondary N) is 3. The Bertz CT molecular complexity index is 2540.